The van der Waals surface area contributed by atoms with E-state index in [1.807, 2.05) is 18.2 Å². The van der Waals surface area contributed by atoms with Crippen LogP contribution in [0.15, 0.2) is 42.7 Å². The number of nitrogens with one attached hydrogen (secondary N) is 1. The summed E-state index contributed by atoms with van der Waals surface area (Å²) in [5, 5.41) is 22.5. The number of hydrogen-bond acceptors (Lipinski definition) is 11. The smallest absolute Gasteiger partial charge is 0.301 e. The molecule has 3 atom stereocenters. The van der Waals surface area contributed by atoms with Gasteiger partial charge in [-0.3, -0.25) is 4.79 Å². The number of nitrogens with zero attached hydrogens (tertiary/aromatic N) is 7. The minimum Gasteiger partial charge on any atom is -0.483 e. The van der Waals surface area contributed by atoms with Gasteiger partial charge >= 0.3 is 5.92 Å². The molecule has 46 heavy (non-hydrogen) atoms. The highest BCUT2D eigenvalue weighted by atomic mass is 35.5. The van der Waals surface area contributed by atoms with E-state index in [1.54, 1.807) is 19.2 Å². The van der Waals surface area contributed by atoms with Gasteiger partial charge in [-0.25, -0.2) is 18.7 Å². The van der Waals surface area contributed by atoms with Crippen LogP contribution in [0.5, 0.6) is 11.6 Å². The van der Waals surface area contributed by atoms with E-state index in [1.165, 1.54) is 25.4 Å². The van der Waals surface area contributed by atoms with Crippen molar-refractivity contribution in [3.8, 4) is 29.0 Å². The van der Waals surface area contributed by atoms with Crippen LogP contribution in [0.2, 0.25) is 0 Å². The fraction of sp³-hybridized carbons (Fsp3) is 0.452. The summed E-state index contributed by atoms with van der Waals surface area (Å²) in [4.78, 5) is 30.8. The van der Waals surface area contributed by atoms with Crippen molar-refractivity contribution >= 4 is 35.6 Å². The predicted molar refractivity (Wildman–Crippen MR) is 170 cm³/mol. The van der Waals surface area contributed by atoms with Gasteiger partial charge in [0.05, 0.1) is 24.9 Å². The Morgan fingerprint density at radius 3 is 2.63 bits per heavy atom. The van der Waals surface area contributed by atoms with Gasteiger partial charge in [-0.15, -0.1) is 12.4 Å². The van der Waals surface area contributed by atoms with Crippen LogP contribution in [0.1, 0.15) is 25.8 Å². The number of methoxy groups -OCH3 is 1. The molecule has 2 aliphatic heterocycles. The van der Waals surface area contributed by atoms with Crippen molar-refractivity contribution in [3.05, 3.63) is 48.3 Å². The zero-order valence-electron chi connectivity index (χ0n) is 26.0. The molecule has 1 unspecified atom stereocenters. The van der Waals surface area contributed by atoms with E-state index in [4.69, 9.17) is 9.47 Å². The number of likely N-dealkylation sites (tertiary alicyclic amines) is 1. The molecule has 2 N–H and O–H groups in total. The monoisotopic (exact) mass is 658 g/mol. The molecular formula is C31H37ClF2N8O4. The first-order valence-electron chi connectivity index (χ1n) is 14.6. The average Bonchev–Trinajstić information content (AvgIpc) is 3.02. The molecule has 15 heteroatoms. The molecule has 12 nitrogen and oxygen atoms in total. The van der Waals surface area contributed by atoms with E-state index >= 15 is 0 Å². The Kier molecular flexibility index (Phi) is 10.8. The highest BCUT2D eigenvalue weighted by molar-refractivity contribution is 5.85. The molecule has 1 amide bonds. The summed E-state index contributed by atoms with van der Waals surface area (Å²) in [6.45, 7) is 5.26. The number of pyridine rings is 1. The summed E-state index contributed by atoms with van der Waals surface area (Å²) in [7, 11) is 3.69. The van der Waals surface area contributed by atoms with Gasteiger partial charge in [-0.05, 0) is 51.2 Å². The third-order valence-corrected chi connectivity index (χ3v) is 7.96. The van der Waals surface area contributed by atoms with Crippen LogP contribution in [-0.4, -0.2) is 107 Å². The number of alkyl halides is 2. The number of aliphatic hydroxyl groups is 1. The zero-order valence-corrected chi connectivity index (χ0v) is 26.8. The Balaban J connectivity index is 0.00000480. The Labute approximate surface area is 272 Å². The number of nitriles is 1. The zero-order chi connectivity index (χ0) is 32.3. The van der Waals surface area contributed by atoms with Crippen molar-refractivity contribution in [2.45, 2.75) is 44.4 Å². The summed E-state index contributed by atoms with van der Waals surface area (Å²) in [5.74, 6) is -2.68. The van der Waals surface area contributed by atoms with Gasteiger partial charge in [-0.2, -0.15) is 10.2 Å². The van der Waals surface area contributed by atoms with Crippen LogP contribution >= 0.6 is 12.4 Å². The van der Waals surface area contributed by atoms with E-state index in [2.05, 4.69) is 44.0 Å². The molecule has 0 bridgehead atoms. The van der Waals surface area contributed by atoms with Gasteiger partial charge in [0.25, 0.3) is 5.91 Å². The maximum absolute atomic E-state index is 14.9. The quantitative estimate of drug-likeness (QED) is 0.366. The molecule has 0 saturated carbocycles. The first kappa shape index (κ1) is 34.6. The van der Waals surface area contributed by atoms with Crippen molar-refractivity contribution < 1.29 is 28.2 Å². The summed E-state index contributed by atoms with van der Waals surface area (Å²) in [5.41, 5.74) is 2.01. The van der Waals surface area contributed by atoms with Gasteiger partial charge in [-0.1, -0.05) is 0 Å². The van der Waals surface area contributed by atoms with E-state index in [0.717, 1.165) is 30.2 Å². The molecule has 0 radical (unpaired) electrons. The number of carbonyl (C=O) groups excluding carboxylic acids is 1. The minimum atomic E-state index is -3.38. The second-order valence-electron chi connectivity index (χ2n) is 11.4. The Hall–Kier alpha value is -4.32. The number of aromatic nitrogens is 3. The van der Waals surface area contributed by atoms with E-state index in [-0.39, 0.29) is 36.7 Å². The molecule has 2 saturated heterocycles. The van der Waals surface area contributed by atoms with Gasteiger partial charge in [0.2, 0.25) is 5.88 Å². The third-order valence-electron chi connectivity index (χ3n) is 7.96. The van der Waals surface area contributed by atoms with E-state index < -0.39 is 30.6 Å². The summed E-state index contributed by atoms with van der Waals surface area (Å²) in [6.07, 6.45) is -1.70. The number of rotatable bonds is 8. The number of piperazine rings is 1. The van der Waals surface area contributed by atoms with Crippen molar-refractivity contribution in [1.82, 2.24) is 24.8 Å². The fourth-order valence-corrected chi connectivity index (χ4v) is 5.63. The molecule has 2 aliphatic rings. The first-order chi connectivity index (χ1) is 21.5. The first-order valence-corrected chi connectivity index (χ1v) is 14.6. The number of halogens is 3. The lowest BCUT2D eigenvalue weighted by Gasteiger charge is -2.40. The number of aliphatic hydroxyl groups excluding tert-OH is 1. The highest BCUT2D eigenvalue weighted by Crippen LogP contribution is 2.35. The minimum absolute atomic E-state index is 0. The molecule has 5 rings (SSSR count). The standard InChI is InChI=1S/C31H36F2N8O4.ClH/c1-19-16-39(3)11-12-41(19)24-6-8-27(38-29(24)44-4)37-28-14-23(35-18-36-28)21-5-7-25(22(13-21)15-34)45-26-9-10-40(17-31(26,32)33)30(43)20(2)42;/h5-8,13-14,18-20,26,42H,9-12,16-17H2,1-4H3,(H,35,36,37,38);1H/t19-,20+,26?;/m0./s1. The van der Waals surface area contributed by atoms with Crippen LogP contribution < -0.4 is 19.7 Å². The van der Waals surface area contributed by atoms with Crippen LogP contribution in [0, 0.1) is 11.3 Å². The Morgan fingerprint density at radius 2 is 1.96 bits per heavy atom. The fourth-order valence-electron chi connectivity index (χ4n) is 5.63. The Bertz CT molecular complexity index is 1590. The van der Waals surface area contributed by atoms with Crippen molar-refractivity contribution in [2.75, 3.05) is 57.1 Å². The summed E-state index contributed by atoms with van der Waals surface area (Å²) < 4.78 is 41.0. The average molecular weight is 659 g/mol. The molecule has 2 aromatic heterocycles. The van der Waals surface area contributed by atoms with Gasteiger partial charge in [0.15, 0.2) is 6.10 Å². The van der Waals surface area contributed by atoms with Crippen molar-refractivity contribution in [1.29, 1.82) is 5.26 Å². The molecule has 0 spiro atoms. The molecule has 3 aromatic rings. The molecule has 1 aromatic carbocycles. The lowest BCUT2D eigenvalue weighted by Crippen LogP contribution is -2.56. The normalized spacial score (nSPS) is 20.2. The number of carbonyl (C=O) groups is 1. The third kappa shape index (κ3) is 7.55. The number of anilines is 3. The number of piperidine rings is 1. The molecule has 4 heterocycles. The molecule has 246 valence electrons. The van der Waals surface area contributed by atoms with Crippen LogP contribution in [0.3, 0.4) is 0 Å². The van der Waals surface area contributed by atoms with Crippen LogP contribution in [0.25, 0.3) is 11.3 Å². The second kappa shape index (κ2) is 14.4. The van der Waals surface area contributed by atoms with E-state index in [9.17, 15) is 23.9 Å². The lowest BCUT2D eigenvalue weighted by molar-refractivity contribution is -0.165. The second-order valence-corrected chi connectivity index (χ2v) is 11.4. The predicted octanol–water partition coefficient (Wildman–Crippen LogP) is 3.72. The summed E-state index contributed by atoms with van der Waals surface area (Å²) >= 11 is 0. The van der Waals surface area contributed by atoms with Crippen LogP contribution in [-0.2, 0) is 4.79 Å². The number of hydrogen-bond donors (Lipinski definition) is 2. The van der Waals surface area contributed by atoms with E-state index in [0.29, 0.717) is 34.8 Å². The van der Waals surface area contributed by atoms with Crippen molar-refractivity contribution in [2.24, 2.45) is 0 Å². The molecular weight excluding hydrogens is 622 g/mol. The molecule has 2 fully saturated rings. The van der Waals surface area contributed by atoms with Gasteiger partial charge < -0.3 is 34.6 Å². The number of likely N-dealkylation sites (N-methyl/N-ethyl adjacent to an activating group) is 1. The highest BCUT2D eigenvalue weighted by Gasteiger charge is 2.48. The maximum Gasteiger partial charge on any atom is 0.301 e. The SMILES string of the molecule is COc1nc(Nc2cc(-c3ccc(OC4CCN(C(=O)[C@@H](C)O)CC4(F)F)c(C#N)c3)ncn2)ccc1N1CCN(C)C[C@@H]1C.Cl. The summed E-state index contributed by atoms with van der Waals surface area (Å²) in [6, 6.07) is 12.4. The topological polar surface area (TPSA) is 140 Å². The lowest BCUT2D eigenvalue weighted by atomic mass is 10.0. The van der Waals surface area contributed by atoms with Gasteiger partial charge in [0, 0.05) is 50.3 Å². The number of amides is 1. The largest absolute Gasteiger partial charge is 0.483 e. The van der Waals surface area contributed by atoms with Crippen molar-refractivity contribution in [3.63, 3.8) is 0 Å². The Morgan fingerprint density at radius 1 is 1.17 bits per heavy atom. The maximum atomic E-state index is 14.9. The number of benzene rings is 1. The van der Waals surface area contributed by atoms with Gasteiger partial charge in [0.1, 0.15) is 41.6 Å². The number of ether oxygens (including phenoxy) is 2. The van der Waals surface area contributed by atoms with Crippen LogP contribution in [0.4, 0.5) is 26.1 Å². The molecule has 0 aliphatic carbocycles.